The van der Waals surface area contributed by atoms with E-state index in [1.165, 1.54) is 20.3 Å². The summed E-state index contributed by atoms with van der Waals surface area (Å²) in [5, 5.41) is 14.6. The third kappa shape index (κ3) is 5.00. The van der Waals surface area contributed by atoms with Crippen LogP contribution in [0.2, 0.25) is 0 Å². The van der Waals surface area contributed by atoms with Crippen LogP contribution in [0.5, 0.6) is 23.0 Å². The fourth-order valence-corrected chi connectivity index (χ4v) is 3.15. The molecule has 2 aromatic carbocycles. The highest BCUT2D eigenvalue weighted by Gasteiger charge is 2.13. The van der Waals surface area contributed by atoms with Gasteiger partial charge in [0.15, 0.2) is 11.5 Å². The number of aromatic amines is 1. The number of para-hydroxylation sites is 1. The molecular formula is C22H26N2O5. The van der Waals surface area contributed by atoms with Crippen LogP contribution in [0.15, 0.2) is 47.3 Å². The molecule has 0 bridgehead atoms. The van der Waals surface area contributed by atoms with Gasteiger partial charge in [0.1, 0.15) is 5.75 Å². The first-order chi connectivity index (χ1) is 14.1. The summed E-state index contributed by atoms with van der Waals surface area (Å²) in [6.07, 6.45) is 1.48. The Balaban J connectivity index is 1.43. The van der Waals surface area contributed by atoms with E-state index in [-0.39, 0.29) is 11.3 Å². The fourth-order valence-electron chi connectivity index (χ4n) is 3.15. The van der Waals surface area contributed by atoms with Gasteiger partial charge in [0.05, 0.1) is 26.3 Å². The molecule has 0 atom stereocenters. The van der Waals surface area contributed by atoms with Crippen molar-refractivity contribution in [2.45, 2.75) is 12.8 Å². The molecule has 1 aromatic heterocycles. The molecule has 7 nitrogen and oxygen atoms in total. The van der Waals surface area contributed by atoms with E-state index in [9.17, 15) is 9.90 Å². The maximum Gasteiger partial charge on any atom is 0.248 e. The molecule has 0 unspecified atom stereocenters. The highest BCUT2D eigenvalue weighted by molar-refractivity contribution is 5.84. The van der Waals surface area contributed by atoms with Gasteiger partial charge in [-0.15, -0.1) is 0 Å². The van der Waals surface area contributed by atoms with E-state index < -0.39 is 0 Å². The lowest BCUT2D eigenvalue weighted by Gasteiger charge is -2.13. The van der Waals surface area contributed by atoms with Crippen molar-refractivity contribution in [2.75, 3.05) is 33.9 Å². The molecule has 0 amide bonds. The number of rotatable bonds is 10. The Bertz CT molecular complexity index is 1020. The van der Waals surface area contributed by atoms with Gasteiger partial charge in [0, 0.05) is 11.5 Å². The molecule has 3 rings (SSSR count). The molecule has 0 aliphatic rings. The van der Waals surface area contributed by atoms with Crippen LogP contribution in [0, 0.1) is 0 Å². The van der Waals surface area contributed by atoms with Crippen molar-refractivity contribution in [2.24, 2.45) is 0 Å². The monoisotopic (exact) mass is 398 g/mol. The normalized spacial score (nSPS) is 10.8. The lowest BCUT2D eigenvalue weighted by atomic mass is 10.1. The lowest BCUT2D eigenvalue weighted by Crippen LogP contribution is -2.20. The summed E-state index contributed by atoms with van der Waals surface area (Å²) in [6, 6.07) is 12.6. The van der Waals surface area contributed by atoms with Crippen LogP contribution in [-0.4, -0.2) is 44.0 Å². The molecule has 0 radical (unpaired) electrons. The molecule has 154 valence electrons. The van der Waals surface area contributed by atoms with Gasteiger partial charge in [0.25, 0.3) is 0 Å². The molecule has 29 heavy (non-hydrogen) atoms. The minimum atomic E-state index is -0.145. The number of nitrogens with one attached hydrogen (secondary N) is 2. The molecule has 0 aliphatic heterocycles. The first-order valence-electron chi connectivity index (χ1n) is 9.52. The molecule has 0 spiro atoms. The number of pyridine rings is 1. The number of phenolic OH excluding ortho intramolecular Hbond substituents is 1. The summed E-state index contributed by atoms with van der Waals surface area (Å²) < 4.78 is 16.2. The average molecular weight is 398 g/mol. The smallest absolute Gasteiger partial charge is 0.248 e. The van der Waals surface area contributed by atoms with Gasteiger partial charge in [-0.1, -0.05) is 18.2 Å². The fraction of sp³-hybridized carbons (Fsp3) is 0.318. The predicted octanol–water partition coefficient (Wildman–Crippen LogP) is 2.85. The minimum absolute atomic E-state index is 0.113. The van der Waals surface area contributed by atoms with Gasteiger partial charge in [0.2, 0.25) is 11.3 Å². The van der Waals surface area contributed by atoms with E-state index in [0.29, 0.717) is 36.8 Å². The SMILES string of the molecule is COc1ccc(CCNCCCOc2cccc3ccc(=O)[nH]c23)c(O)c1OC. The molecule has 1 heterocycles. The van der Waals surface area contributed by atoms with Crippen LogP contribution in [0.1, 0.15) is 12.0 Å². The van der Waals surface area contributed by atoms with Gasteiger partial charge in [-0.2, -0.15) is 0 Å². The summed E-state index contributed by atoms with van der Waals surface area (Å²) in [7, 11) is 3.04. The maximum absolute atomic E-state index is 11.5. The molecule has 0 aliphatic carbocycles. The van der Waals surface area contributed by atoms with Crippen LogP contribution in [0.4, 0.5) is 0 Å². The Morgan fingerprint density at radius 3 is 2.66 bits per heavy atom. The number of hydrogen-bond donors (Lipinski definition) is 3. The minimum Gasteiger partial charge on any atom is -0.504 e. The number of benzene rings is 2. The summed E-state index contributed by atoms with van der Waals surface area (Å²) >= 11 is 0. The molecular weight excluding hydrogens is 372 g/mol. The third-order valence-corrected chi connectivity index (χ3v) is 4.65. The second-order valence-electron chi connectivity index (χ2n) is 6.55. The standard InChI is InChI=1S/C22H26N2O5/c1-27-18-9-7-16(21(26)22(18)28-2)11-13-23-12-4-14-29-17-6-3-5-15-8-10-19(25)24-20(15)17/h3,5-10,23,26H,4,11-14H2,1-2H3,(H,24,25). The molecule has 3 N–H and O–H groups in total. The highest BCUT2D eigenvalue weighted by atomic mass is 16.5. The topological polar surface area (TPSA) is 92.8 Å². The number of hydrogen-bond acceptors (Lipinski definition) is 6. The average Bonchev–Trinajstić information content (AvgIpc) is 2.73. The van der Waals surface area contributed by atoms with E-state index in [0.717, 1.165) is 29.4 Å². The van der Waals surface area contributed by atoms with Crippen LogP contribution >= 0.6 is 0 Å². The highest BCUT2D eigenvalue weighted by Crippen LogP contribution is 2.38. The Morgan fingerprint density at radius 1 is 1.00 bits per heavy atom. The Hall–Kier alpha value is -3.19. The first-order valence-corrected chi connectivity index (χ1v) is 9.52. The predicted molar refractivity (Wildman–Crippen MR) is 112 cm³/mol. The summed E-state index contributed by atoms with van der Waals surface area (Å²) in [5.74, 6) is 1.65. The Morgan fingerprint density at radius 2 is 1.86 bits per heavy atom. The van der Waals surface area contributed by atoms with Gasteiger partial charge in [-0.25, -0.2) is 0 Å². The van der Waals surface area contributed by atoms with E-state index >= 15 is 0 Å². The summed E-state index contributed by atoms with van der Waals surface area (Å²) in [6.45, 7) is 2.02. The van der Waals surface area contributed by atoms with Crippen molar-refractivity contribution in [3.05, 3.63) is 58.4 Å². The molecule has 0 saturated carbocycles. The first kappa shape index (κ1) is 20.5. The number of ether oxygens (including phenoxy) is 3. The van der Waals surface area contributed by atoms with E-state index in [1.807, 2.05) is 24.3 Å². The van der Waals surface area contributed by atoms with Gasteiger partial charge in [-0.05, 0) is 49.7 Å². The van der Waals surface area contributed by atoms with E-state index in [4.69, 9.17) is 14.2 Å². The lowest BCUT2D eigenvalue weighted by molar-refractivity contribution is 0.311. The van der Waals surface area contributed by atoms with Crippen molar-refractivity contribution in [3.8, 4) is 23.0 Å². The van der Waals surface area contributed by atoms with Crippen LogP contribution in [0.25, 0.3) is 10.9 Å². The number of aromatic hydroxyl groups is 1. The summed E-state index contributed by atoms with van der Waals surface area (Å²) in [4.78, 5) is 14.4. The number of fused-ring (bicyclic) bond motifs is 1. The van der Waals surface area contributed by atoms with Crippen molar-refractivity contribution >= 4 is 10.9 Å². The van der Waals surface area contributed by atoms with Crippen LogP contribution in [-0.2, 0) is 6.42 Å². The number of H-pyrrole nitrogens is 1. The summed E-state index contributed by atoms with van der Waals surface area (Å²) in [5.41, 5.74) is 1.37. The third-order valence-electron chi connectivity index (χ3n) is 4.65. The molecule has 0 saturated heterocycles. The van der Waals surface area contributed by atoms with Crippen molar-refractivity contribution in [1.82, 2.24) is 10.3 Å². The molecule has 7 heteroatoms. The largest absolute Gasteiger partial charge is 0.504 e. The van der Waals surface area contributed by atoms with Gasteiger partial charge >= 0.3 is 0 Å². The zero-order chi connectivity index (χ0) is 20.6. The maximum atomic E-state index is 11.5. The zero-order valence-corrected chi connectivity index (χ0v) is 16.7. The van der Waals surface area contributed by atoms with Crippen LogP contribution < -0.4 is 25.1 Å². The Kier molecular flexibility index (Phi) is 6.97. The second-order valence-corrected chi connectivity index (χ2v) is 6.55. The van der Waals surface area contributed by atoms with Crippen molar-refractivity contribution < 1.29 is 19.3 Å². The van der Waals surface area contributed by atoms with Crippen molar-refractivity contribution in [3.63, 3.8) is 0 Å². The van der Waals surface area contributed by atoms with Crippen molar-refractivity contribution in [1.29, 1.82) is 0 Å². The number of aromatic nitrogens is 1. The quantitative estimate of drug-likeness (QED) is 0.455. The van der Waals surface area contributed by atoms with E-state index in [2.05, 4.69) is 10.3 Å². The van der Waals surface area contributed by atoms with E-state index in [1.54, 1.807) is 12.1 Å². The number of phenols is 1. The Labute approximate surface area is 169 Å². The number of methoxy groups -OCH3 is 2. The zero-order valence-electron chi connectivity index (χ0n) is 16.7. The van der Waals surface area contributed by atoms with Gasteiger partial charge in [-0.3, -0.25) is 4.79 Å². The second kappa shape index (κ2) is 9.84. The molecule has 3 aromatic rings. The molecule has 0 fully saturated rings. The van der Waals surface area contributed by atoms with Gasteiger partial charge < -0.3 is 29.6 Å². The van der Waals surface area contributed by atoms with Crippen LogP contribution in [0.3, 0.4) is 0 Å².